The number of pyridine rings is 1. The van der Waals surface area contributed by atoms with Crippen molar-refractivity contribution in [2.24, 2.45) is 0 Å². The van der Waals surface area contributed by atoms with Crippen LogP contribution >= 0.6 is 0 Å². The van der Waals surface area contributed by atoms with Gasteiger partial charge in [-0.25, -0.2) is 4.79 Å². The first-order chi connectivity index (χ1) is 5.65. The third kappa shape index (κ3) is 1.40. The summed E-state index contributed by atoms with van der Waals surface area (Å²) >= 11 is 0. The highest BCUT2D eigenvalue weighted by Crippen LogP contribution is 2.06. The molecule has 12 heavy (non-hydrogen) atoms. The molecule has 1 rings (SSSR count). The molecule has 4 nitrogen and oxygen atoms in total. The van der Waals surface area contributed by atoms with Gasteiger partial charge in [-0.15, -0.1) is 0 Å². The maximum absolute atomic E-state index is 10.5. The predicted molar refractivity (Wildman–Crippen MR) is 40.6 cm³/mol. The molecule has 1 heterocycles. The van der Waals surface area contributed by atoms with E-state index in [0.717, 1.165) is 0 Å². The molecular weight excluding hydrogens is 156 g/mol. The highest BCUT2D eigenvalue weighted by Gasteiger charge is 2.08. The van der Waals surface area contributed by atoms with E-state index in [1.807, 2.05) is 6.07 Å². The van der Waals surface area contributed by atoms with Crippen molar-refractivity contribution in [3.63, 3.8) is 0 Å². The summed E-state index contributed by atoms with van der Waals surface area (Å²) in [5, 5.41) is 17.1. The molecule has 60 valence electrons. The van der Waals surface area contributed by atoms with Crippen molar-refractivity contribution < 1.29 is 9.90 Å². The number of aromatic nitrogens is 1. The Labute approximate surface area is 69.1 Å². The Morgan fingerprint density at radius 3 is 2.92 bits per heavy atom. The summed E-state index contributed by atoms with van der Waals surface area (Å²) in [6, 6.07) is 3.13. The first-order valence-electron chi connectivity index (χ1n) is 3.25. The number of carboxylic acids is 1. The molecule has 0 aliphatic heterocycles. The molecular formula is C8H6N2O2. The minimum Gasteiger partial charge on any atom is -0.478 e. The molecule has 0 unspecified atom stereocenters. The number of aryl methyl sites for hydroxylation is 1. The second-order valence-electron chi connectivity index (χ2n) is 2.27. The van der Waals surface area contributed by atoms with Gasteiger partial charge in [0.05, 0.1) is 16.8 Å². The number of rotatable bonds is 1. The number of hydrogen-bond acceptors (Lipinski definition) is 3. The number of hydrogen-bond donors (Lipinski definition) is 1. The van der Waals surface area contributed by atoms with Gasteiger partial charge in [-0.05, 0) is 13.0 Å². The fourth-order valence-corrected chi connectivity index (χ4v) is 0.811. The zero-order valence-electron chi connectivity index (χ0n) is 6.40. The van der Waals surface area contributed by atoms with Crippen LogP contribution in [0.1, 0.15) is 21.6 Å². The Hall–Kier alpha value is -1.89. The van der Waals surface area contributed by atoms with Gasteiger partial charge in [-0.3, -0.25) is 4.98 Å². The largest absolute Gasteiger partial charge is 0.478 e. The van der Waals surface area contributed by atoms with Crippen LogP contribution in [0.2, 0.25) is 0 Å². The molecule has 0 atom stereocenters. The molecule has 0 radical (unpaired) electrons. The van der Waals surface area contributed by atoms with E-state index in [1.165, 1.54) is 12.3 Å². The Morgan fingerprint density at radius 2 is 2.42 bits per heavy atom. The first-order valence-corrected chi connectivity index (χ1v) is 3.25. The lowest BCUT2D eigenvalue weighted by Crippen LogP contribution is -2.01. The van der Waals surface area contributed by atoms with Gasteiger partial charge in [0.1, 0.15) is 6.07 Å². The van der Waals surface area contributed by atoms with Crippen molar-refractivity contribution in [2.45, 2.75) is 6.92 Å². The van der Waals surface area contributed by atoms with Gasteiger partial charge in [0.15, 0.2) is 0 Å². The van der Waals surface area contributed by atoms with E-state index < -0.39 is 5.97 Å². The highest BCUT2D eigenvalue weighted by molar-refractivity contribution is 5.89. The first kappa shape index (κ1) is 8.21. The average Bonchev–Trinajstić information content (AvgIpc) is 2.05. The van der Waals surface area contributed by atoms with Crippen LogP contribution in [-0.2, 0) is 0 Å². The summed E-state index contributed by atoms with van der Waals surface area (Å²) in [6.45, 7) is 1.59. The minimum absolute atomic E-state index is 0.0778. The van der Waals surface area contributed by atoms with Crippen LogP contribution in [0.25, 0.3) is 0 Å². The van der Waals surface area contributed by atoms with Crippen LogP contribution < -0.4 is 0 Å². The fraction of sp³-hybridized carbons (Fsp3) is 0.125. The maximum atomic E-state index is 10.5. The second kappa shape index (κ2) is 3.01. The topological polar surface area (TPSA) is 74.0 Å². The molecule has 1 N–H and O–H groups in total. The lowest BCUT2D eigenvalue weighted by molar-refractivity contribution is 0.0695. The average molecular weight is 162 g/mol. The molecule has 4 heteroatoms. The van der Waals surface area contributed by atoms with Gasteiger partial charge < -0.3 is 5.11 Å². The van der Waals surface area contributed by atoms with Gasteiger partial charge >= 0.3 is 5.97 Å². The summed E-state index contributed by atoms with van der Waals surface area (Å²) in [5.74, 6) is -1.06. The summed E-state index contributed by atoms with van der Waals surface area (Å²) in [7, 11) is 0. The van der Waals surface area contributed by atoms with Crippen LogP contribution in [0.5, 0.6) is 0 Å². The Bertz CT molecular complexity index is 366. The predicted octanol–water partition coefficient (Wildman–Crippen LogP) is 0.960. The van der Waals surface area contributed by atoms with Gasteiger partial charge in [-0.2, -0.15) is 5.26 Å². The monoisotopic (exact) mass is 162 g/mol. The lowest BCUT2D eigenvalue weighted by atomic mass is 10.1. The van der Waals surface area contributed by atoms with E-state index in [9.17, 15) is 4.79 Å². The SMILES string of the molecule is Cc1ncc(C#N)cc1C(=O)O. The second-order valence-corrected chi connectivity index (χ2v) is 2.27. The molecule has 1 aromatic rings. The van der Waals surface area contributed by atoms with E-state index in [0.29, 0.717) is 5.69 Å². The summed E-state index contributed by atoms with van der Waals surface area (Å²) < 4.78 is 0. The van der Waals surface area contributed by atoms with E-state index in [1.54, 1.807) is 6.92 Å². The van der Waals surface area contributed by atoms with E-state index >= 15 is 0 Å². The summed E-state index contributed by atoms with van der Waals surface area (Å²) in [4.78, 5) is 14.3. The maximum Gasteiger partial charge on any atom is 0.337 e. The van der Waals surface area contributed by atoms with Crippen molar-refractivity contribution in [3.8, 4) is 6.07 Å². The minimum atomic E-state index is -1.06. The molecule has 0 saturated heterocycles. The molecule has 1 aromatic heterocycles. The summed E-state index contributed by atoms with van der Waals surface area (Å²) in [6.07, 6.45) is 1.35. The molecule has 0 saturated carbocycles. The fourth-order valence-electron chi connectivity index (χ4n) is 0.811. The molecule has 0 aliphatic carbocycles. The van der Waals surface area contributed by atoms with Crippen LogP contribution in [0.3, 0.4) is 0 Å². The number of nitriles is 1. The molecule has 0 aromatic carbocycles. The van der Waals surface area contributed by atoms with E-state index in [-0.39, 0.29) is 11.1 Å². The smallest absolute Gasteiger partial charge is 0.337 e. The normalized spacial score (nSPS) is 9.00. The zero-order valence-corrected chi connectivity index (χ0v) is 6.40. The van der Waals surface area contributed by atoms with Crippen molar-refractivity contribution in [2.75, 3.05) is 0 Å². The Morgan fingerprint density at radius 1 is 1.75 bits per heavy atom. The molecule has 0 aliphatic rings. The number of carbonyl (C=O) groups is 1. The number of aromatic carboxylic acids is 1. The quantitative estimate of drug-likeness (QED) is 0.667. The molecule has 0 spiro atoms. The van der Waals surface area contributed by atoms with E-state index in [4.69, 9.17) is 10.4 Å². The van der Waals surface area contributed by atoms with Crippen molar-refractivity contribution in [1.29, 1.82) is 5.26 Å². The molecule has 0 bridgehead atoms. The van der Waals surface area contributed by atoms with Gasteiger partial charge in [0, 0.05) is 6.20 Å². The number of carboxylic acid groups (broad SMARTS) is 1. The van der Waals surface area contributed by atoms with Gasteiger partial charge in [0.2, 0.25) is 0 Å². The highest BCUT2D eigenvalue weighted by atomic mass is 16.4. The summed E-state index contributed by atoms with van der Waals surface area (Å²) in [5.41, 5.74) is 0.758. The van der Waals surface area contributed by atoms with Crippen molar-refractivity contribution in [3.05, 3.63) is 29.1 Å². The molecule has 0 amide bonds. The Kier molecular flexibility index (Phi) is 2.06. The van der Waals surface area contributed by atoms with Crippen LogP contribution in [0, 0.1) is 18.3 Å². The third-order valence-electron chi connectivity index (χ3n) is 1.45. The lowest BCUT2D eigenvalue weighted by Gasteiger charge is -1.97. The van der Waals surface area contributed by atoms with Crippen molar-refractivity contribution >= 4 is 5.97 Å². The van der Waals surface area contributed by atoms with Crippen LogP contribution in [0.4, 0.5) is 0 Å². The molecule has 0 fully saturated rings. The van der Waals surface area contributed by atoms with Crippen LogP contribution in [-0.4, -0.2) is 16.1 Å². The Balaban J connectivity index is 3.28. The van der Waals surface area contributed by atoms with Gasteiger partial charge in [-0.1, -0.05) is 0 Å². The van der Waals surface area contributed by atoms with Gasteiger partial charge in [0.25, 0.3) is 0 Å². The van der Waals surface area contributed by atoms with E-state index in [2.05, 4.69) is 4.98 Å². The standard InChI is InChI=1S/C8H6N2O2/c1-5-7(8(11)12)2-6(3-9)4-10-5/h2,4H,1H3,(H,11,12). The van der Waals surface area contributed by atoms with Crippen molar-refractivity contribution in [1.82, 2.24) is 4.98 Å². The van der Waals surface area contributed by atoms with Crippen LogP contribution in [0.15, 0.2) is 12.3 Å². The number of nitrogens with zero attached hydrogens (tertiary/aromatic N) is 2. The zero-order chi connectivity index (χ0) is 9.14. The third-order valence-corrected chi connectivity index (χ3v) is 1.45.